The van der Waals surface area contributed by atoms with Crippen molar-refractivity contribution in [2.45, 2.75) is 44.8 Å². The van der Waals surface area contributed by atoms with Crippen molar-refractivity contribution in [3.8, 4) is 0 Å². The molecule has 2 heterocycles. The number of fused-ring (bicyclic) bond motifs is 1. The van der Waals surface area contributed by atoms with E-state index in [9.17, 15) is 14.3 Å². The van der Waals surface area contributed by atoms with E-state index in [2.05, 4.69) is 5.16 Å². The van der Waals surface area contributed by atoms with Crippen molar-refractivity contribution in [3.05, 3.63) is 29.7 Å². The van der Waals surface area contributed by atoms with Crippen LogP contribution in [0.1, 0.15) is 39.3 Å². The molecule has 1 saturated heterocycles. The van der Waals surface area contributed by atoms with Crippen LogP contribution in [-0.2, 0) is 10.3 Å². The number of carbonyl (C=O) groups is 1. The standard InChI is InChI=1S/C17H21FN2O4/c1-16(2,3)23-15(21)20-8-6-17(22,7-9-20)14-12-5-4-11(18)10-13(12)24-19-14/h4-5,10,22H,6-9H2,1-3H3. The number of ether oxygens (including phenoxy) is 1. The molecule has 0 bridgehead atoms. The molecule has 0 unspecified atom stereocenters. The monoisotopic (exact) mass is 336 g/mol. The molecule has 0 saturated carbocycles. The van der Waals surface area contributed by atoms with Crippen LogP contribution >= 0.6 is 0 Å². The summed E-state index contributed by atoms with van der Waals surface area (Å²) in [6.45, 7) is 6.13. The SMILES string of the molecule is CC(C)(C)OC(=O)N1CCC(O)(c2noc3cc(F)ccc23)CC1. The van der Waals surface area contributed by atoms with Crippen LogP contribution in [0.2, 0.25) is 0 Å². The number of carbonyl (C=O) groups excluding carboxylic acids is 1. The molecule has 1 N–H and O–H groups in total. The van der Waals surface area contributed by atoms with E-state index in [0.29, 0.717) is 42.6 Å². The summed E-state index contributed by atoms with van der Waals surface area (Å²) in [4.78, 5) is 13.7. The van der Waals surface area contributed by atoms with E-state index in [1.165, 1.54) is 12.1 Å². The fraction of sp³-hybridized carbons (Fsp3) is 0.529. The Morgan fingerprint density at radius 1 is 1.38 bits per heavy atom. The maximum absolute atomic E-state index is 13.3. The summed E-state index contributed by atoms with van der Waals surface area (Å²) in [7, 11) is 0. The Balaban J connectivity index is 1.75. The van der Waals surface area contributed by atoms with Gasteiger partial charge < -0.3 is 19.3 Å². The van der Waals surface area contributed by atoms with Gasteiger partial charge >= 0.3 is 6.09 Å². The van der Waals surface area contributed by atoms with Crippen molar-refractivity contribution in [3.63, 3.8) is 0 Å². The van der Waals surface area contributed by atoms with Gasteiger partial charge in [-0.2, -0.15) is 0 Å². The highest BCUT2D eigenvalue weighted by atomic mass is 19.1. The molecule has 0 aliphatic carbocycles. The summed E-state index contributed by atoms with van der Waals surface area (Å²) < 4.78 is 23.7. The molecule has 0 atom stereocenters. The van der Waals surface area contributed by atoms with Crippen LogP contribution in [0.25, 0.3) is 11.0 Å². The van der Waals surface area contributed by atoms with Crippen molar-refractivity contribution in [1.82, 2.24) is 10.1 Å². The maximum atomic E-state index is 13.3. The van der Waals surface area contributed by atoms with Crippen LogP contribution in [0.5, 0.6) is 0 Å². The molecular weight excluding hydrogens is 315 g/mol. The van der Waals surface area contributed by atoms with Crippen LogP contribution < -0.4 is 0 Å². The van der Waals surface area contributed by atoms with E-state index in [1.54, 1.807) is 11.0 Å². The molecular formula is C17H21FN2O4. The average Bonchev–Trinajstić information content (AvgIpc) is 2.89. The Morgan fingerprint density at radius 3 is 2.67 bits per heavy atom. The summed E-state index contributed by atoms with van der Waals surface area (Å²) in [5.74, 6) is -0.420. The number of aliphatic hydroxyl groups is 1. The lowest BCUT2D eigenvalue weighted by atomic mass is 9.86. The Morgan fingerprint density at radius 2 is 2.04 bits per heavy atom. The van der Waals surface area contributed by atoms with Crippen molar-refractivity contribution in [1.29, 1.82) is 0 Å². The van der Waals surface area contributed by atoms with Gasteiger partial charge in [0.25, 0.3) is 0 Å². The second-order valence-electron chi connectivity index (χ2n) is 7.17. The zero-order valence-electron chi connectivity index (χ0n) is 14.0. The molecule has 1 fully saturated rings. The molecule has 1 amide bonds. The Hall–Kier alpha value is -2.15. The van der Waals surface area contributed by atoms with Gasteiger partial charge in [-0.3, -0.25) is 0 Å². The van der Waals surface area contributed by atoms with Crippen LogP contribution in [0.4, 0.5) is 9.18 Å². The first-order valence-corrected chi connectivity index (χ1v) is 7.94. The summed E-state index contributed by atoms with van der Waals surface area (Å²) >= 11 is 0. The van der Waals surface area contributed by atoms with Crippen molar-refractivity contribution < 1.29 is 23.6 Å². The molecule has 6 nitrogen and oxygen atoms in total. The quantitative estimate of drug-likeness (QED) is 0.865. The summed E-state index contributed by atoms with van der Waals surface area (Å²) in [5.41, 5.74) is -1.08. The zero-order chi connectivity index (χ0) is 17.5. The van der Waals surface area contributed by atoms with Crippen molar-refractivity contribution in [2.75, 3.05) is 13.1 Å². The molecule has 24 heavy (non-hydrogen) atoms. The first kappa shape index (κ1) is 16.7. The highest BCUT2D eigenvalue weighted by Crippen LogP contribution is 2.36. The third-order valence-electron chi connectivity index (χ3n) is 4.12. The summed E-state index contributed by atoms with van der Waals surface area (Å²) in [5, 5.41) is 15.5. The van der Waals surface area contributed by atoms with Gasteiger partial charge in [0.1, 0.15) is 22.7 Å². The molecule has 7 heteroatoms. The lowest BCUT2D eigenvalue weighted by Crippen LogP contribution is -2.47. The maximum Gasteiger partial charge on any atom is 0.410 e. The minimum atomic E-state index is -1.21. The summed E-state index contributed by atoms with van der Waals surface area (Å²) in [6, 6.07) is 4.10. The fourth-order valence-corrected chi connectivity index (χ4v) is 2.87. The molecule has 2 aromatic rings. The van der Waals surface area contributed by atoms with Crippen LogP contribution in [0.15, 0.2) is 22.7 Å². The highest BCUT2D eigenvalue weighted by Gasteiger charge is 2.40. The van der Waals surface area contributed by atoms with Gasteiger partial charge in [-0.1, -0.05) is 5.16 Å². The van der Waals surface area contributed by atoms with Gasteiger partial charge in [-0.15, -0.1) is 0 Å². The second kappa shape index (κ2) is 5.73. The topological polar surface area (TPSA) is 75.8 Å². The molecule has 0 radical (unpaired) electrons. The van der Waals surface area contributed by atoms with Gasteiger partial charge in [0, 0.05) is 24.5 Å². The average molecular weight is 336 g/mol. The number of benzene rings is 1. The Bertz CT molecular complexity index is 758. The van der Waals surface area contributed by atoms with E-state index in [4.69, 9.17) is 9.26 Å². The molecule has 1 aliphatic heterocycles. The number of nitrogens with zero attached hydrogens (tertiary/aromatic N) is 2. The number of rotatable bonds is 1. The first-order valence-electron chi connectivity index (χ1n) is 7.94. The first-order chi connectivity index (χ1) is 11.2. The molecule has 1 aromatic carbocycles. The predicted octanol–water partition coefficient (Wildman–Crippen LogP) is 3.19. The van der Waals surface area contributed by atoms with Crippen molar-refractivity contribution in [2.24, 2.45) is 0 Å². The van der Waals surface area contributed by atoms with Gasteiger partial charge in [0.15, 0.2) is 5.58 Å². The van der Waals surface area contributed by atoms with Crippen LogP contribution in [-0.4, -0.2) is 39.9 Å². The third kappa shape index (κ3) is 3.21. The summed E-state index contributed by atoms with van der Waals surface area (Å²) in [6.07, 6.45) is 0.230. The van der Waals surface area contributed by atoms with Crippen LogP contribution in [0.3, 0.4) is 0 Å². The minimum absolute atomic E-state index is 0.299. The Labute approximate surface area is 139 Å². The van der Waals surface area contributed by atoms with Crippen molar-refractivity contribution >= 4 is 17.1 Å². The van der Waals surface area contributed by atoms with E-state index in [-0.39, 0.29) is 0 Å². The van der Waals surface area contributed by atoms with E-state index in [0.717, 1.165) is 0 Å². The van der Waals surface area contributed by atoms with Gasteiger partial charge in [-0.25, -0.2) is 9.18 Å². The normalized spacial score (nSPS) is 18.0. The molecule has 1 aromatic heterocycles. The number of hydrogen-bond donors (Lipinski definition) is 1. The number of likely N-dealkylation sites (tertiary alicyclic amines) is 1. The van der Waals surface area contributed by atoms with E-state index >= 15 is 0 Å². The number of amides is 1. The number of aromatic nitrogens is 1. The van der Waals surface area contributed by atoms with E-state index < -0.39 is 23.1 Å². The molecule has 0 spiro atoms. The minimum Gasteiger partial charge on any atom is -0.444 e. The lowest BCUT2D eigenvalue weighted by Gasteiger charge is -2.37. The van der Waals surface area contributed by atoms with Gasteiger partial charge in [0.05, 0.1) is 0 Å². The molecule has 1 aliphatic rings. The number of piperidine rings is 1. The molecule has 130 valence electrons. The van der Waals surface area contributed by atoms with Gasteiger partial charge in [0.2, 0.25) is 0 Å². The third-order valence-corrected chi connectivity index (χ3v) is 4.12. The van der Waals surface area contributed by atoms with Gasteiger partial charge in [-0.05, 0) is 45.7 Å². The highest BCUT2D eigenvalue weighted by molar-refractivity contribution is 5.80. The zero-order valence-corrected chi connectivity index (χ0v) is 14.0. The lowest BCUT2D eigenvalue weighted by molar-refractivity contribution is -0.0387. The Kier molecular flexibility index (Phi) is 3.99. The second-order valence-corrected chi connectivity index (χ2v) is 7.17. The van der Waals surface area contributed by atoms with Crippen LogP contribution in [0, 0.1) is 5.82 Å². The predicted molar refractivity (Wildman–Crippen MR) is 84.9 cm³/mol. The fourth-order valence-electron chi connectivity index (χ4n) is 2.87. The largest absolute Gasteiger partial charge is 0.444 e. The number of halogens is 1. The number of hydrogen-bond acceptors (Lipinski definition) is 5. The smallest absolute Gasteiger partial charge is 0.410 e. The molecule has 3 rings (SSSR count). The van der Waals surface area contributed by atoms with E-state index in [1.807, 2.05) is 20.8 Å².